The zero-order valence-electron chi connectivity index (χ0n) is 9.61. The number of methoxy groups -OCH3 is 1. The summed E-state index contributed by atoms with van der Waals surface area (Å²) in [5.41, 5.74) is 7.79. The maximum atomic E-state index is 5.87. The molecular formula is C12H18N2O2. The predicted molar refractivity (Wildman–Crippen MR) is 63.5 cm³/mol. The fourth-order valence-electron chi connectivity index (χ4n) is 1.90. The number of anilines is 1. The third-order valence-electron chi connectivity index (χ3n) is 2.80. The Balaban J connectivity index is 2.01. The number of nitrogens with two attached hydrogens (primary N) is 1. The number of rotatable bonds is 3. The number of hydrogen-bond donors (Lipinski definition) is 1. The van der Waals surface area contributed by atoms with Gasteiger partial charge in [0, 0.05) is 19.6 Å². The van der Waals surface area contributed by atoms with Crippen LogP contribution in [-0.2, 0) is 11.3 Å². The molecule has 0 aliphatic carbocycles. The van der Waals surface area contributed by atoms with Gasteiger partial charge >= 0.3 is 0 Å². The maximum Gasteiger partial charge on any atom is 0.141 e. The van der Waals surface area contributed by atoms with Crippen molar-refractivity contribution in [3.63, 3.8) is 0 Å². The lowest BCUT2D eigenvalue weighted by Crippen LogP contribution is -2.35. The fraction of sp³-hybridized carbons (Fsp3) is 0.500. The third kappa shape index (κ3) is 2.65. The summed E-state index contributed by atoms with van der Waals surface area (Å²) in [4.78, 5) is 2.37. The van der Waals surface area contributed by atoms with Crippen molar-refractivity contribution in [1.82, 2.24) is 4.90 Å². The summed E-state index contributed by atoms with van der Waals surface area (Å²) in [6.07, 6.45) is 0. The Hall–Kier alpha value is -1.26. The van der Waals surface area contributed by atoms with Gasteiger partial charge in [-0.25, -0.2) is 0 Å². The number of morpholine rings is 1. The summed E-state index contributed by atoms with van der Waals surface area (Å²) in [5, 5.41) is 0. The molecule has 2 N–H and O–H groups in total. The molecule has 4 heteroatoms. The van der Waals surface area contributed by atoms with Crippen LogP contribution in [0.2, 0.25) is 0 Å². The smallest absolute Gasteiger partial charge is 0.141 e. The molecule has 0 amide bonds. The lowest BCUT2D eigenvalue weighted by molar-refractivity contribution is 0.0342. The van der Waals surface area contributed by atoms with E-state index in [-0.39, 0.29) is 0 Å². The Morgan fingerprint density at radius 1 is 1.38 bits per heavy atom. The third-order valence-corrected chi connectivity index (χ3v) is 2.80. The van der Waals surface area contributed by atoms with Crippen LogP contribution in [0.4, 0.5) is 5.69 Å². The molecule has 1 heterocycles. The quantitative estimate of drug-likeness (QED) is 0.778. The molecule has 1 saturated heterocycles. The number of nitrogen functional groups attached to an aromatic ring is 1. The standard InChI is InChI=1S/C12H18N2O2/c1-15-12-3-2-10(8-11(12)13)9-14-4-6-16-7-5-14/h2-3,8H,4-7,9,13H2,1H3. The lowest BCUT2D eigenvalue weighted by Gasteiger charge is -2.26. The molecule has 0 spiro atoms. The summed E-state index contributed by atoms with van der Waals surface area (Å²) in [7, 11) is 1.63. The monoisotopic (exact) mass is 222 g/mol. The highest BCUT2D eigenvalue weighted by molar-refractivity contribution is 5.54. The first-order chi connectivity index (χ1) is 7.79. The van der Waals surface area contributed by atoms with E-state index >= 15 is 0 Å². The van der Waals surface area contributed by atoms with E-state index in [1.54, 1.807) is 7.11 Å². The van der Waals surface area contributed by atoms with Crippen LogP contribution in [0.15, 0.2) is 18.2 Å². The van der Waals surface area contributed by atoms with E-state index < -0.39 is 0 Å². The van der Waals surface area contributed by atoms with Crippen LogP contribution in [0.3, 0.4) is 0 Å². The van der Waals surface area contributed by atoms with Crippen molar-refractivity contribution in [3.05, 3.63) is 23.8 Å². The Kier molecular flexibility index (Phi) is 3.64. The highest BCUT2D eigenvalue weighted by Crippen LogP contribution is 2.22. The predicted octanol–water partition coefficient (Wildman–Crippen LogP) is 1.11. The van der Waals surface area contributed by atoms with Gasteiger partial charge in [0.15, 0.2) is 0 Å². The normalized spacial score (nSPS) is 17.3. The van der Waals surface area contributed by atoms with Crippen LogP contribution < -0.4 is 10.5 Å². The number of ether oxygens (including phenoxy) is 2. The average Bonchev–Trinajstić information content (AvgIpc) is 2.31. The first kappa shape index (κ1) is 11.2. The van der Waals surface area contributed by atoms with Crippen LogP contribution in [0, 0.1) is 0 Å². The largest absolute Gasteiger partial charge is 0.495 e. The van der Waals surface area contributed by atoms with Gasteiger partial charge in [-0.15, -0.1) is 0 Å². The molecule has 4 nitrogen and oxygen atoms in total. The van der Waals surface area contributed by atoms with E-state index in [1.807, 2.05) is 12.1 Å². The van der Waals surface area contributed by atoms with Gasteiger partial charge in [0.1, 0.15) is 5.75 Å². The minimum absolute atomic E-state index is 0.702. The highest BCUT2D eigenvalue weighted by Gasteiger charge is 2.11. The van der Waals surface area contributed by atoms with Crippen molar-refractivity contribution >= 4 is 5.69 Å². The van der Waals surface area contributed by atoms with Crippen LogP contribution in [0.1, 0.15) is 5.56 Å². The second-order valence-electron chi connectivity index (χ2n) is 3.96. The zero-order valence-corrected chi connectivity index (χ0v) is 9.61. The van der Waals surface area contributed by atoms with E-state index in [0.717, 1.165) is 38.6 Å². The van der Waals surface area contributed by atoms with E-state index in [4.69, 9.17) is 15.2 Å². The SMILES string of the molecule is COc1ccc(CN2CCOCC2)cc1N. The van der Waals surface area contributed by atoms with Gasteiger partial charge in [0.25, 0.3) is 0 Å². The van der Waals surface area contributed by atoms with Crippen molar-refractivity contribution in [2.75, 3.05) is 39.1 Å². The number of nitrogens with zero attached hydrogens (tertiary/aromatic N) is 1. The van der Waals surface area contributed by atoms with Gasteiger partial charge in [0.2, 0.25) is 0 Å². The van der Waals surface area contributed by atoms with Gasteiger partial charge in [-0.2, -0.15) is 0 Å². The van der Waals surface area contributed by atoms with Crippen molar-refractivity contribution < 1.29 is 9.47 Å². The molecule has 0 atom stereocenters. The molecule has 0 unspecified atom stereocenters. The molecule has 1 aromatic rings. The molecule has 0 saturated carbocycles. The summed E-state index contributed by atoms with van der Waals surface area (Å²) >= 11 is 0. The van der Waals surface area contributed by atoms with Gasteiger partial charge in [-0.05, 0) is 17.7 Å². The second-order valence-corrected chi connectivity index (χ2v) is 3.96. The van der Waals surface area contributed by atoms with Crippen LogP contribution >= 0.6 is 0 Å². The summed E-state index contributed by atoms with van der Waals surface area (Å²) in [5.74, 6) is 0.741. The molecule has 1 aromatic carbocycles. The minimum Gasteiger partial charge on any atom is -0.495 e. The Bertz CT molecular complexity index is 349. The van der Waals surface area contributed by atoms with E-state index in [1.165, 1.54) is 5.56 Å². The van der Waals surface area contributed by atoms with Crippen LogP contribution in [0.5, 0.6) is 5.75 Å². The number of hydrogen-bond acceptors (Lipinski definition) is 4. The topological polar surface area (TPSA) is 47.7 Å². The Morgan fingerprint density at radius 3 is 2.75 bits per heavy atom. The first-order valence-electron chi connectivity index (χ1n) is 5.52. The molecule has 1 aliphatic heterocycles. The lowest BCUT2D eigenvalue weighted by atomic mass is 10.1. The minimum atomic E-state index is 0.702. The summed E-state index contributed by atoms with van der Waals surface area (Å²) in [6.45, 7) is 4.56. The van der Waals surface area contributed by atoms with Crippen molar-refractivity contribution in [2.45, 2.75) is 6.54 Å². The molecule has 0 bridgehead atoms. The highest BCUT2D eigenvalue weighted by atomic mass is 16.5. The Morgan fingerprint density at radius 2 is 2.12 bits per heavy atom. The van der Waals surface area contributed by atoms with Gasteiger partial charge in [-0.1, -0.05) is 6.07 Å². The van der Waals surface area contributed by atoms with Crippen LogP contribution in [-0.4, -0.2) is 38.3 Å². The molecule has 0 radical (unpaired) electrons. The fourth-order valence-corrected chi connectivity index (χ4v) is 1.90. The first-order valence-corrected chi connectivity index (χ1v) is 5.52. The molecule has 1 aliphatic rings. The molecule has 88 valence electrons. The molecule has 0 aromatic heterocycles. The van der Waals surface area contributed by atoms with E-state index in [2.05, 4.69) is 11.0 Å². The van der Waals surface area contributed by atoms with Crippen molar-refractivity contribution in [3.8, 4) is 5.75 Å². The summed E-state index contributed by atoms with van der Waals surface area (Å²) < 4.78 is 10.4. The summed E-state index contributed by atoms with van der Waals surface area (Å²) in [6, 6.07) is 5.96. The molecule has 16 heavy (non-hydrogen) atoms. The van der Waals surface area contributed by atoms with E-state index in [0.29, 0.717) is 5.69 Å². The van der Waals surface area contributed by atoms with Gasteiger partial charge < -0.3 is 15.2 Å². The van der Waals surface area contributed by atoms with E-state index in [9.17, 15) is 0 Å². The van der Waals surface area contributed by atoms with Gasteiger partial charge in [-0.3, -0.25) is 4.90 Å². The average molecular weight is 222 g/mol. The van der Waals surface area contributed by atoms with Crippen molar-refractivity contribution in [2.24, 2.45) is 0 Å². The molecule has 2 rings (SSSR count). The number of benzene rings is 1. The van der Waals surface area contributed by atoms with Crippen molar-refractivity contribution in [1.29, 1.82) is 0 Å². The second kappa shape index (κ2) is 5.18. The molecular weight excluding hydrogens is 204 g/mol. The van der Waals surface area contributed by atoms with Gasteiger partial charge in [0.05, 0.1) is 26.0 Å². The Labute approximate surface area is 95.9 Å². The van der Waals surface area contributed by atoms with Crippen LogP contribution in [0.25, 0.3) is 0 Å². The zero-order chi connectivity index (χ0) is 11.4. The maximum absolute atomic E-state index is 5.87. The molecule has 1 fully saturated rings.